The van der Waals surface area contributed by atoms with Gasteiger partial charge < -0.3 is 4.89 Å². The van der Waals surface area contributed by atoms with Gasteiger partial charge >= 0.3 is 59.6 Å². The molecule has 0 heterocycles. The van der Waals surface area contributed by atoms with E-state index >= 15 is 0 Å². The Morgan fingerprint density at radius 1 is 0.882 bits per heavy atom. The first-order valence-corrected chi connectivity index (χ1v) is 7.64. The molecule has 1 unspecified atom stereocenters. The Hall–Kier alpha value is 1.66. The summed E-state index contributed by atoms with van der Waals surface area (Å²) in [4.78, 5) is 10.1. The molecular weight excluding hydrogens is 262 g/mol. The van der Waals surface area contributed by atoms with Gasteiger partial charge in [-0.25, -0.2) is 0 Å². The first-order valence-electron chi connectivity index (χ1n) is 6.54. The van der Waals surface area contributed by atoms with E-state index in [-0.39, 0.29) is 51.4 Å². The predicted octanol–water partition coefficient (Wildman–Crippen LogP) is 0.946. The molecule has 0 N–H and O–H groups in total. The Morgan fingerprint density at radius 2 is 1.29 bits per heavy atom. The fourth-order valence-electron chi connectivity index (χ4n) is 1.73. The minimum Gasteiger partial charge on any atom is -0.566 e. The van der Waals surface area contributed by atoms with Gasteiger partial charge in [0.25, 0.3) is 0 Å². The number of hydrogen-bond donors (Lipinski definition) is 0. The molecule has 0 aromatic heterocycles. The van der Waals surface area contributed by atoms with Crippen LogP contribution in [0.5, 0.6) is 0 Å². The van der Waals surface area contributed by atoms with Crippen LogP contribution in [0.3, 0.4) is 0 Å². The fraction of sp³-hybridized carbons (Fsp3) is 1.00. The van der Waals surface area contributed by atoms with Crippen LogP contribution in [-0.2, 0) is 9.09 Å². The van der Waals surface area contributed by atoms with E-state index in [1.165, 1.54) is 51.4 Å². The van der Waals surface area contributed by atoms with E-state index in [4.69, 9.17) is 0 Å². The van der Waals surface area contributed by atoms with Gasteiger partial charge in [0.15, 0.2) is 0 Å². The van der Waals surface area contributed by atoms with Crippen LogP contribution in [0.2, 0.25) is 0 Å². The van der Waals surface area contributed by atoms with Gasteiger partial charge in [-0.2, -0.15) is 0 Å². The van der Waals surface area contributed by atoms with Crippen LogP contribution >= 0.6 is 8.25 Å². The van der Waals surface area contributed by atoms with Gasteiger partial charge in [-0.05, 0) is 11.0 Å². The molecule has 0 spiro atoms. The summed E-state index contributed by atoms with van der Waals surface area (Å²) in [5.41, 5.74) is 0. The van der Waals surface area contributed by atoms with Crippen molar-refractivity contribution in [2.45, 2.75) is 71.1 Å². The minimum absolute atomic E-state index is 0. The Bertz CT molecular complexity index is 168. The molecule has 0 saturated carbocycles. The van der Waals surface area contributed by atoms with E-state index in [0.29, 0.717) is 6.61 Å². The first-order chi connectivity index (χ1) is 7.77. The van der Waals surface area contributed by atoms with Crippen LogP contribution in [0.1, 0.15) is 71.1 Å². The third-order valence-corrected chi connectivity index (χ3v) is 3.09. The van der Waals surface area contributed by atoms with Crippen LogP contribution in [0.4, 0.5) is 0 Å². The topological polar surface area (TPSA) is 49.4 Å². The average molecular weight is 287 g/mol. The van der Waals surface area contributed by atoms with Gasteiger partial charge in [0.05, 0.1) is 0 Å². The second-order valence-electron chi connectivity index (χ2n) is 4.24. The van der Waals surface area contributed by atoms with Crippen LogP contribution in [0.25, 0.3) is 0 Å². The molecule has 0 rings (SSSR count). The summed E-state index contributed by atoms with van der Waals surface area (Å²) in [5.74, 6) is 0. The molecule has 3 nitrogen and oxygen atoms in total. The van der Waals surface area contributed by atoms with Crippen molar-refractivity contribution in [3.63, 3.8) is 0 Å². The van der Waals surface area contributed by atoms with Gasteiger partial charge in [0, 0.05) is 0 Å². The molecule has 0 bridgehead atoms. The molecule has 0 aliphatic carbocycles. The third kappa shape index (κ3) is 20.1. The summed E-state index contributed by atoms with van der Waals surface area (Å²) in [6, 6.07) is 0. The Balaban J connectivity index is 0. The maximum Gasteiger partial charge on any atom is 1.00 e. The van der Waals surface area contributed by atoms with Crippen molar-refractivity contribution < 1.29 is 65.4 Å². The van der Waals surface area contributed by atoms with Crippen molar-refractivity contribution in [3.8, 4) is 0 Å². The van der Waals surface area contributed by atoms with E-state index < -0.39 is 8.25 Å². The molecule has 0 fully saturated rings. The standard InChI is InChI=1S/C12H25O3P.K/c1-2-3-4-5-6-7-8-9-10-11-12-15-16(13)14;/h2-12H2,1H3;/q;+1. The van der Waals surface area contributed by atoms with Crippen molar-refractivity contribution in [3.05, 3.63) is 0 Å². The summed E-state index contributed by atoms with van der Waals surface area (Å²) in [6.07, 6.45) is 12.5. The molecule has 96 valence electrons. The smallest absolute Gasteiger partial charge is 0.566 e. The summed E-state index contributed by atoms with van der Waals surface area (Å²) < 4.78 is 14.5. The van der Waals surface area contributed by atoms with Crippen molar-refractivity contribution in [1.82, 2.24) is 0 Å². The zero-order valence-electron chi connectivity index (χ0n) is 11.5. The summed E-state index contributed by atoms with van der Waals surface area (Å²) in [7, 11) is -2.64. The van der Waals surface area contributed by atoms with Crippen molar-refractivity contribution in [2.24, 2.45) is 0 Å². The van der Waals surface area contributed by atoms with Gasteiger partial charge in [0.1, 0.15) is 6.61 Å². The van der Waals surface area contributed by atoms with Gasteiger partial charge in [-0.3, -0.25) is 0 Å². The van der Waals surface area contributed by atoms with E-state index in [9.17, 15) is 9.46 Å². The predicted molar refractivity (Wildman–Crippen MR) is 65.4 cm³/mol. The van der Waals surface area contributed by atoms with E-state index in [1.807, 2.05) is 0 Å². The number of unbranched alkanes of at least 4 members (excludes halogenated alkanes) is 9. The molecule has 0 aliphatic heterocycles. The molecule has 0 radical (unpaired) electrons. The van der Waals surface area contributed by atoms with Crippen molar-refractivity contribution >= 4 is 8.25 Å². The zero-order valence-corrected chi connectivity index (χ0v) is 15.5. The molecular formula is C12H25KO3P+. The average Bonchev–Trinajstić information content (AvgIpc) is 2.25. The van der Waals surface area contributed by atoms with Crippen LogP contribution in [-0.4, -0.2) is 6.61 Å². The van der Waals surface area contributed by atoms with Crippen molar-refractivity contribution in [1.29, 1.82) is 0 Å². The quantitative estimate of drug-likeness (QED) is 0.305. The number of hydrogen-bond acceptors (Lipinski definition) is 3. The SMILES string of the molecule is CCCCCCCCCCCCO[P+](=O)[O-].[K+]. The maximum atomic E-state index is 10.1. The van der Waals surface area contributed by atoms with Crippen LogP contribution < -0.4 is 56.3 Å². The minimum atomic E-state index is -2.64. The summed E-state index contributed by atoms with van der Waals surface area (Å²) in [6.45, 7) is 2.59. The molecule has 0 aliphatic rings. The van der Waals surface area contributed by atoms with Crippen LogP contribution in [0, 0.1) is 0 Å². The number of rotatable bonds is 12. The summed E-state index contributed by atoms with van der Waals surface area (Å²) in [5, 5.41) is 0. The monoisotopic (exact) mass is 287 g/mol. The fourth-order valence-corrected chi connectivity index (χ4v) is 2.01. The van der Waals surface area contributed by atoms with E-state index in [2.05, 4.69) is 11.4 Å². The zero-order chi connectivity index (χ0) is 12.1. The summed E-state index contributed by atoms with van der Waals surface area (Å²) >= 11 is 0. The third-order valence-electron chi connectivity index (χ3n) is 2.69. The second-order valence-corrected chi connectivity index (χ2v) is 4.94. The molecule has 0 saturated heterocycles. The largest absolute Gasteiger partial charge is 1.00 e. The Labute approximate surface area is 149 Å². The molecule has 0 aromatic carbocycles. The normalized spacial score (nSPS) is 11.1. The van der Waals surface area contributed by atoms with Gasteiger partial charge in [-0.15, -0.1) is 4.52 Å². The molecule has 0 aromatic rings. The second kappa shape index (κ2) is 17.7. The molecule has 0 amide bonds. The van der Waals surface area contributed by atoms with Gasteiger partial charge in [-0.1, -0.05) is 64.7 Å². The van der Waals surface area contributed by atoms with Crippen molar-refractivity contribution in [2.75, 3.05) is 6.61 Å². The van der Waals surface area contributed by atoms with Gasteiger partial charge in [0.2, 0.25) is 0 Å². The molecule has 17 heavy (non-hydrogen) atoms. The molecule has 1 atom stereocenters. The van der Waals surface area contributed by atoms with E-state index in [1.54, 1.807) is 0 Å². The Kier molecular flexibility index (Phi) is 21.8. The van der Waals surface area contributed by atoms with E-state index in [0.717, 1.165) is 12.8 Å². The van der Waals surface area contributed by atoms with Crippen LogP contribution in [0.15, 0.2) is 0 Å². The molecule has 5 heteroatoms. The first kappa shape index (κ1) is 21.0. The maximum absolute atomic E-state index is 10.1. The Morgan fingerprint density at radius 3 is 1.71 bits per heavy atom.